The maximum Gasteiger partial charge on any atom is 0.236 e. The van der Waals surface area contributed by atoms with Crippen molar-refractivity contribution in [2.24, 2.45) is 0 Å². The van der Waals surface area contributed by atoms with Crippen molar-refractivity contribution in [1.82, 2.24) is 10.2 Å². The lowest BCUT2D eigenvalue weighted by Crippen LogP contribution is -2.40. The molecule has 1 saturated carbocycles. The Morgan fingerprint density at radius 2 is 2.27 bits per heavy atom. The molecule has 3 nitrogen and oxygen atoms in total. The summed E-state index contributed by atoms with van der Waals surface area (Å²) < 4.78 is 0. The summed E-state index contributed by atoms with van der Waals surface area (Å²) >= 11 is 1.82. The Balaban J connectivity index is 2.16. The van der Waals surface area contributed by atoms with Gasteiger partial charge in [0, 0.05) is 24.4 Å². The lowest BCUT2D eigenvalue weighted by Gasteiger charge is -2.21. The molecule has 1 rings (SSSR count). The Hall–Kier alpha value is -0.220. The van der Waals surface area contributed by atoms with Gasteiger partial charge in [0.15, 0.2) is 0 Å². The highest BCUT2D eigenvalue weighted by molar-refractivity contribution is 7.99. The molecule has 1 fully saturated rings. The van der Waals surface area contributed by atoms with Crippen LogP contribution in [-0.4, -0.2) is 48.0 Å². The van der Waals surface area contributed by atoms with Crippen molar-refractivity contribution in [3.8, 4) is 0 Å². The van der Waals surface area contributed by atoms with E-state index in [-0.39, 0.29) is 5.91 Å². The Morgan fingerprint density at radius 3 is 2.73 bits per heavy atom. The third-order valence-corrected chi connectivity index (χ3v) is 3.73. The number of carbonyl (C=O) groups is 1. The fourth-order valence-corrected chi connectivity index (χ4v) is 1.88. The molecule has 0 heterocycles. The fraction of sp³-hybridized carbons (Fsp3) is 0.909. The summed E-state index contributed by atoms with van der Waals surface area (Å²) in [6, 6.07) is 0.544. The maximum absolute atomic E-state index is 11.8. The summed E-state index contributed by atoms with van der Waals surface area (Å²) in [6.07, 6.45) is 4.48. The van der Waals surface area contributed by atoms with E-state index in [1.807, 2.05) is 16.7 Å². The summed E-state index contributed by atoms with van der Waals surface area (Å²) in [4.78, 5) is 13.8. The summed E-state index contributed by atoms with van der Waals surface area (Å²) in [6.45, 7) is 6.48. The number of carbonyl (C=O) groups excluding carboxylic acids is 1. The normalized spacial score (nSPS) is 17.5. The molecule has 0 aromatic heterocycles. The number of amides is 1. The summed E-state index contributed by atoms with van der Waals surface area (Å²) in [7, 11) is 0. The average Bonchev–Trinajstić information content (AvgIpc) is 3.03. The first-order chi connectivity index (χ1) is 7.19. The molecule has 1 N–H and O–H groups in total. The van der Waals surface area contributed by atoms with Gasteiger partial charge in [0.25, 0.3) is 0 Å². The van der Waals surface area contributed by atoms with Crippen molar-refractivity contribution >= 4 is 17.7 Å². The zero-order valence-electron chi connectivity index (χ0n) is 9.95. The SMILES string of the molecule is CCN(C(=O)CNCC(C)SC)C1CC1. The number of hydrogen-bond donors (Lipinski definition) is 1. The summed E-state index contributed by atoms with van der Waals surface area (Å²) in [5, 5.41) is 3.80. The van der Waals surface area contributed by atoms with Crippen molar-refractivity contribution in [3.05, 3.63) is 0 Å². The van der Waals surface area contributed by atoms with Gasteiger partial charge in [-0.1, -0.05) is 6.92 Å². The number of likely N-dealkylation sites (N-methyl/N-ethyl adjacent to an activating group) is 1. The van der Waals surface area contributed by atoms with Gasteiger partial charge in [-0.05, 0) is 26.0 Å². The molecule has 0 saturated heterocycles. The minimum absolute atomic E-state index is 0.258. The van der Waals surface area contributed by atoms with Gasteiger partial charge in [0.2, 0.25) is 5.91 Å². The van der Waals surface area contributed by atoms with E-state index in [0.717, 1.165) is 13.1 Å². The van der Waals surface area contributed by atoms with E-state index in [4.69, 9.17) is 0 Å². The molecule has 15 heavy (non-hydrogen) atoms. The molecule has 1 unspecified atom stereocenters. The van der Waals surface area contributed by atoms with Crippen molar-refractivity contribution < 1.29 is 4.79 Å². The quantitative estimate of drug-likeness (QED) is 0.716. The maximum atomic E-state index is 11.8. The second kappa shape index (κ2) is 6.38. The van der Waals surface area contributed by atoms with Gasteiger partial charge >= 0.3 is 0 Å². The molecule has 1 atom stereocenters. The molecule has 1 aliphatic carbocycles. The van der Waals surface area contributed by atoms with E-state index in [0.29, 0.717) is 17.8 Å². The van der Waals surface area contributed by atoms with Gasteiger partial charge in [0.05, 0.1) is 6.54 Å². The lowest BCUT2D eigenvalue weighted by atomic mass is 10.4. The Labute approximate surface area is 97.0 Å². The summed E-state index contributed by atoms with van der Waals surface area (Å²) in [5.74, 6) is 0.258. The van der Waals surface area contributed by atoms with Crippen LogP contribution in [0.4, 0.5) is 0 Å². The van der Waals surface area contributed by atoms with Crippen LogP contribution in [-0.2, 0) is 4.79 Å². The van der Waals surface area contributed by atoms with Crippen LogP contribution in [0.1, 0.15) is 26.7 Å². The molecule has 4 heteroatoms. The number of rotatable bonds is 7. The molecule has 0 bridgehead atoms. The monoisotopic (exact) mass is 230 g/mol. The smallest absolute Gasteiger partial charge is 0.236 e. The highest BCUT2D eigenvalue weighted by Gasteiger charge is 2.30. The van der Waals surface area contributed by atoms with Crippen LogP contribution >= 0.6 is 11.8 Å². The molecule has 1 aliphatic rings. The van der Waals surface area contributed by atoms with Gasteiger partial charge in [-0.3, -0.25) is 4.79 Å². The average molecular weight is 230 g/mol. The number of nitrogens with one attached hydrogen (secondary N) is 1. The van der Waals surface area contributed by atoms with Crippen LogP contribution in [0, 0.1) is 0 Å². The molecule has 1 amide bonds. The zero-order chi connectivity index (χ0) is 11.3. The van der Waals surface area contributed by atoms with Crippen molar-refractivity contribution in [2.45, 2.75) is 38.0 Å². The minimum atomic E-state index is 0.258. The number of hydrogen-bond acceptors (Lipinski definition) is 3. The summed E-state index contributed by atoms with van der Waals surface area (Å²) in [5.41, 5.74) is 0. The van der Waals surface area contributed by atoms with E-state index in [2.05, 4.69) is 25.4 Å². The van der Waals surface area contributed by atoms with Crippen molar-refractivity contribution in [2.75, 3.05) is 25.9 Å². The lowest BCUT2D eigenvalue weighted by molar-refractivity contribution is -0.130. The third kappa shape index (κ3) is 4.43. The Bertz CT molecular complexity index is 207. The minimum Gasteiger partial charge on any atom is -0.339 e. The van der Waals surface area contributed by atoms with E-state index < -0.39 is 0 Å². The van der Waals surface area contributed by atoms with E-state index in [1.165, 1.54) is 12.8 Å². The standard InChI is InChI=1S/C11H22N2OS/c1-4-13(10-5-6-10)11(14)8-12-7-9(2)15-3/h9-10,12H,4-8H2,1-3H3. The molecule has 88 valence electrons. The fourth-order valence-electron chi connectivity index (χ4n) is 1.59. The van der Waals surface area contributed by atoms with Crippen LogP contribution in [0.25, 0.3) is 0 Å². The first-order valence-corrected chi connectivity index (χ1v) is 7.00. The molecule has 0 spiro atoms. The topological polar surface area (TPSA) is 32.3 Å². The predicted molar refractivity (Wildman–Crippen MR) is 66.3 cm³/mol. The molecule has 0 aromatic carbocycles. The Kier molecular flexibility index (Phi) is 5.47. The molecule has 0 aromatic rings. The van der Waals surface area contributed by atoms with Gasteiger partial charge in [-0.25, -0.2) is 0 Å². The van der Waals surface area contributed by atoms with Crippen LogP contribution < -0.4 is 5.32 Å². The largest absolute Gasteiger partial charge is 0.339 e. The second-order valence-corrected chi connectivity index (χ2v) is 5.36. The molecular formula is C11H22N2OS. The Morgan fingerprint density at radius 1 is 1.60 bits per heavy atom. The van der Waals surface area contributed by atoms with E-state index >= 15 is 0 Å². The highest BCUT2D eigenvalue weighted by atomic mass is 32.2. The van der Waals surface area contributed by atoms with Crippen LogP contribution in [0.2, 0.25) is 0 Å². The van der Waals surface area contributed by atoms with Gasteiger partial charge < -0.3 is 10.2 Å². The molecular weight excluding hydrogens is 208 g/mol. The van der Waals surface area contributed by atoms with Crippen LogP contribution in [0.3, 0.4) is 0 Å². The first kappa shape index (κ1) is 12.8. The molecule has 0 radical (unpaired) electrons. The van der Waals surface area contributed by atoms with Gasteiger partial charge in [0.1, 0.15) is 0 Å². The zero-order valence-corrected chi connectivity index (χ0v) is 10.8. The van der Waals surface area contributed by atoms with E-state index in [9.17, 15) is 4.79 Å². The third-order valence-electron chi connectivity index (χ3n) is 2.76. The number of thioether (sulfide) groups is 1. The van der Waals surface area contributed by atoms with Crippen molar-refractivity contribution in [1.29, 1.82) is 0 Å². The number of nitrogens with zero attached hydrogens (tertiary/aromatic N) is 1. The highest BCUT2D eigenvalue weighted by Crippen LogP contribution is 2.26. The van der Waals surface area contributed by atoms with Gasteiger partial charge in [-0.2, -0.15) is 11.8 Å². The predicted octanol–water partition coefficient (Wildman–Crippen LogP) is 1.34. The van der Waals surface area contributed by atoms with Gasteiger partial charge in [-0.15, -0.1) is 0 Å². The first-order valence-electron chi connectivity index (χ1n) is 5.72. The van der Waals surface area contributed by atoms with Crippen LogP contribution in [0.15, 0.2) is 0 Å². The van der Waals surface area contributed by atoms with E-state index in [1.54, 1.807) is 0 Å². The van der Waals surface area contributed by atoms with Crippen LogP contribution in [0.5, 0.6) is 0 Å². The van der Waals surface area contributed by atoms with Crippen molar-refractivity contribution in [3.63, 3.8) is 0 Å². The molecule has 0 aliphatic heterocycles. The second-order valence-electron chi connectivity index (χ2n) is 4.09.